The summed E-state index contributed by atoms with van der Waals surface area (Å²) < 4.78 is 28.1. The Kier molecular flexibility index (Phi) is 6.49. The molecule has 2 N–H and O–H groups in total. The van der Waals surface area contributed by atoms with Gasteiger partial charge in [0, 0.05) is 13.0 Å². The van der Waals surface area contributed by atoms with Crippen LogP contribution in [0.1, 0.15) is 38.5 Å². The minimum atomic E-state index is -2.50. The van der Waals surface area contributed by atoms with Crippen molar-refractivity contribution in [3.8, 4) is 0 Å². The van der Waals surface area contributed by atoms with Gasteiger partial charge in [-0.25, -0.2) is 8.78 Å². The van der Waals surface area contributed by atoms with Crippen molar-refractivity contribution in [1.82, 2.24) is 5.32 Å². The van der Waals surface area contributed by atoms with Crippen LogP contribution in [-0.4, -0.2) is 42.8 Å². The highest BCUT2D eigenvalue weighted by molar-refractivity contribution is 5.76. The van der Waals surface area contributed by atoms with Crippen LogP contribution in [-0.2, 0) is 9.53 Å². The fourth-order valence-electron chi connectivity index (χ4n) is 2.08. The molecular formula is C12H21F2NO3. The molecule has 0 spiro atoms. The molecule has 0 unspecified atom stereocenters. The Morgan fingerprint density at radius 1 is 1.33 bits per heavy atom. The molecule has 1 amide bonds. The van der Waals surface area contributed by atoms with Gasteiger partial charge in [0.1, 0.15) is 6.61 Å². The van der Waals surface area contributed by atoms with Crippen LogP contribution in [0.5, 0.6) is 0 Å². The molecule has 0 aromatic heterocycles. The van der Waals surface area contributed by atoms with Crippen molar-refractivity contribution in [1.29, 1.82) is 0 Å². The molecule has 1 fully saturated rings. The van der Waals surface area contributed by atoms with Gasteiger partial charge < -0.3 is 15.2 Å². The Hall–Kier alpha value is -0.750. The van der Waals surface area contributed by atoms with Crippen LogP contribution in [0.25, 0.3) is 0 Å². The molecule has 0 radical (unpaired) electrons. The maximum atomic E-state index is 11.7. The number of hydrogen-bond acceptors (Lipinski definition) is 3. The van der Waals surface area contributed by atoms with Crippen molar-refractivity contribution >= 4 is 5.91 Å². The van der Waals surface area contributed by atoms with E-state index >= 15 is 0 Å². The van der Waals surface area contributed by atoms with Gasteiger partial charge in [0.05, 0.1) is 12.2 Å². The van der Waals surface area contributed by atoms with E-state index in [0.29, 0.717) is 12.8 Å². The van der Waals surface area contributed by atoms with Crippen LogP contribution in [0.2, 0.25) is 0 Å². The van der Waals surface area contributed by atoms with Gasteiger partial charge in [0.2, 0.25) is 5.91 Å². The van der Waals surface area contributed by atoms with Crippen molar-refractivity contribution in [2.24, 2.45) is 0 Å². The number of aliphatic hydroxyl groups is 1. The average Bonchev–Trinajstić information content (AvgIpc) is 2.33. The topological polar surface area (TPSA) is 58.6 Å². The van der Waals surface area contributed by atoms with E-state index in [1.807, 2.05) is 0 Å². The Labute approximate surface area is 106 Å². The monoisotopic (exact) mass is 265 g/mol. The smallest absolute Gasteiger partial charge is 0.261 e. The zero-order valence-electron chi connectivity index (χ0n) is 10.5. The molecule has 0 bridgehead atoms. The van der Waals surface area contributed by atoms with Crippen LogP contribution in [0.3, 0.4) is 0 Å². The first-order valence-electron chi connectivity index (χ1n) is 6.37. The van der Waals surface area contributed by atoms with E-state index in [2.05, 4.69) is 10.1 Å². The molecule has 0 aromatic rings. The normalized spacial score (nSPS) is 18.9. The highest BCUT2D eigenvalue weighted by Crippen LogP contribution is 2.27. The van der Waals surface area contributed by atoms with Crippen molar-refractivity contribution in [2.45, 2.75) is 50.6 Å². The SMILES string of the molecule is O=C(CCOCC(F)F)NCC1(O)CCCCC1. The van der Waals surface area contributed by atoms with Gasteiger partial charge in [0.15, 0.2) is 0 Å². The Bertz CT molecular complexity index is 256. The second-order valence-corrected chi connectivity index (χ2v) is 4.78. The first kappa shape index (κ1) is 15.3. The Morgan fingerprint density at radius 2 is 2.00 bits per heavy atom. The lowest BCUT2D eigenvalue weighted by Crippen LogP contribution is -2.44. The predicted molar refractivity (Wildman–Crippen MR) is 62.5 cm³/mol. The number of ether oxygens (including phenoxy) is 1. The molecule has 1 rings (SSSR count). The summed E-state index contributed by atoms with van der Waals surface area (Å²) in [6.07, 6.45) is 2.02. The standard InChI is InChI=1S/C12H21F2NO3/c13-10(14)8-18-7-4-11(16)15-9-12(17)5-2-1-3-6-12/h10,17H,1-9H2,(H,15,16). The molecule has 1 saturated carbocycles. The average molecular weight is 265 g/mol. The van der Waals surface area contributed by atoms with Crippen LogP contribution >= 0.6 is 0 Å². The quantitative estimate of drug-likeness (QED) is 0.685. The summed E-state index contributed by atoms with van der Waals surface area (Å²) >= 11 is 0. The zero-order valence-corrected chi connectivity index (χ0v) is 10.5. The van der Waals surface area contributed by atoms with E-state index in [-0.39, 0.29) is 25.5 Å². The van der Waals surface area contributed by atoms with Crippen LogP contribution in [0.4, 0.5) is 8.78 Å². The van der Waals surface area contributed by atoms with E-state index in [1.54, 1.807) is 0 Å². The number of carbonyl (C=O) groups is 1. The summed E-state index contributed by atoms with van der Waals surface area (Å²) in [5.74, 6) is -0.275. The molecule has 0 atom stereocenters. The largest absolute Gasteiger partial charge is 0.388 e. The third-order valence-corrected chi connectivity index (χ3v) is 3.12. The molecule has 18 heavy (non-hydrogen) atoms. The second-order valence-electron chi connectivity index (χ2n) is 4.78. The third kappa shape index (κ3) is 6.26. The molecule has 0 aromatic carbocycles. The predicted octanol–water partition coefficient (Wildman–Crippen LogP) is 1.47. The number of nitrogens with one attached hydrogen (secondary N) is 1. The van der Waals surface area contributed by atoms with Crippen LogP contribution in [0.15, 0.2) is 0 Å². The lowest BCUT2D eigenvalue weighted by molar-refractivity contribution is -0.124. The first-order valence-corrected chi connectivity index (χ1v) is 6.37. The number of amides is 1. The summed E-state index contributed by atoms with van der Waals surface area (Å²) in [7, 11) is 0. The zero-order chi connectivity index (χ0) is 13.4. The Morgan fingerprint density at radius 3 is 2.61 bits per heavy atom. The van der Waals surface area contributed by atoms with Gasteiger partial charge in [-0.05, 0) is 12.8 Å². The van der Waals surface area contributed by atoms with Crippen molar-refractivity contribution in [2.75, 3.05) is 19.8 Å². The van der Waals surface area contributed by atoms with E-state index in [4.69, 9.17) is 0 Å². The van der Waals surface area contributed by atoms with Gasteiger partial charge in [-0.2, -0.15) is 0 Å². The first-order chi connectivity index (χ1) is 8.52. The van der Waals surface area contributed by atoms with E-state index in [0.717, 1.165) is 19.3 Å². The van der Waals surface area contributed by atoms with Crippen LogP contribution < -0.4 is 5.32 Å². The summed E-state index contributed by atoms with van der Waals surface area (Å²) in [5, 5.41) is 12.7. The van der Waals surface area contributed by atoms with Crippen molar-refractivity contribution < 1.29 is 23.4 Å². The number of carbonyl (C=O) groups excluding carboxylic acids is 1. The van der Waals surface area contributed by atoms with Gasteiger partial charge >= 0.3 is 0 Å². The summed E-state index contributed by atoms with van der Waals surface area (Å²) in [5.41, 5.74) is -0.794. The highest BCUT2D eigenvalue weighted by Gasteiger charge is 2.29. The second kappa shape index (κ2) is 7.63. The maximum absolute atomic E-state index is 11.7. The summed E-state index contributed by atoms with van der Waals surface area (Å²) in [4.78, 5) is 11.4. The molecule has 106 valence electrons. The van der Waals surface area contributed by atoms with Crippen molar-refractivity contribution in [3.05, 3.63) is 0 Å². The van der Waals surface area contributed by atoms with Crippen molar-refractivity contribution in [3.63, 3.8) is 0 Å². The molecule has 1 aliphatic carbocycles. The molecule has 0 saturated heterocycles. The van der Waals surface area contributed by atoms with Gasteiger partial charge in [-0.1, -0.05) is 19.3 Å². The van der Waals surface area contributed by atoms with Gasteiger partial charge in [-0.3, -0.25) is 4.79 Å². The molecule has 0 heterocycles. The molecule has 1 aliphatic rings. The van der Waals surface area contributed by atoms with Gasteiger partial charge in [0.25, 0.3) is 6.43 Å². The number of alkyl halides is 2. The lowest BCUT2D eigenvalue weighted by Gasteiger charge is -2.32. The number of hydrogen-bond donors (Lipinski definition) is 2. The third-order valence-electron chi connectivity index (χ3n) is 3.12. The minimum absolute atomic E-state index is 0.0192. The number of rotatable bonds is 7. The molecule has 6 heteroatoms. The highest BCUT2D eigenvalue weighted by atomic mass is 19.3. The number of halogens is 2. The minimum Gasteiger partial charge on any atom is -0.388 e. The maximum Gasteiger partial charge on any atom is 0.261 e. The molecule has 0 aliphatic heterocycles. The summed E-state index contributed by atoms with van der Waals surface area (Å²) in [6, 6.07) is 0. The fourth-order valence-corrected chi connectivity index (χ4v) is 2.08. The van der Waals surface area contributed by atoms with Crippen LogP contribution in [0, 0.1) is 0 Å². The molecular weight excluding hydrogens is 244 g/mol. The lowest BCUT2D eigenvalue weighted by atomic mass is 9.85. The van der Waals surface area contributed by atoms with Gasteiger partial charge in [-0.15, -0.1) is 0 Å². The van der Waals surface area contributed by atoms with E-state index in [1.165, 1.54) is 0 Å². The Balaban J connectivity index is 2.09. The van der Waals surface area contributed by atoms with E-state index < -0.39 is 18.6 Å². The van der Waals surface area contributed by atoms with E-state index in [9.17, 15) is 18.7 Å². The fraction of sp³-hybridized carbons (Fsp3) is 0.917. The summed E-state index contributed by atoms with van der Waals surface area (Å²) in [6.45, 7) is -0.424. The molecule has 4 nitrogen and oxygen atoms in total.